The van der Waals surface area contributed by atoms with Crippen LogP contribution in [-0.2, 0) is 14.3 Å². The van der Waals surface area contributed by atoms with Gasteiger partial charge in [0.1, 0.15) is 5.75 Å². The number of hydrogen-bond donors (Lipinski definition) is 1. The molecule has 0 bridgehead atoms. The summed E-state index contributed by atoms with van der Waals surface area (Å²) in [5.74, 6) is -1.36. The van der Waals surface area contributed by atoms with Crippen molar-refractivity contribution in [1.82, 2.24) is 5.32 Å². The summed E-state index contributed by atoms with van der Waals surface area (Å²) >= 11 is 0. The van der Waals surface area contributed by atoms with Crippen LogP contribution in [0.5, 0.6) is 5.75 Å². The van der Waals surface area contributed by atoms with Gasteiger partial charge in [-0.1, -0.05) is 30.3 Å². The predicted octanol–water partition coefficient (Wildman–Crippen LogP) is 2.66. The molecule has 146 valence electrons. The molecular weight excluding hydrogens is 362 g/mol. The van der Waals surface area contributed by atoms with E-state index in [4.69, 9.17) is 14.2 Å². The van der Waals surface area contributed by atoms with Crippen molar-refractivity contribution >= 4 is 17.8 Å². The SMILES string of the molecule is COC(=O)c1cc(O[C@H](C(=O)NC2CC2)c2ccccc2)cc(C(=O)OC)c1. The Morgan fingerprint density at radius 1 is 0.929 bits per heavy atom. The van der Waals surface area contributed by atoms with E-state index in [2.05, 4.69) is 5.32 Å². The molecule has 0 saturated heterocycles. The maximum Gasteiger partial charge on any atom is 0.338 e. The molecule has 0 heterocycles. The molecule has 1 atom stereocenters. The summed E-state index contributed by atoms with van der Waals surface area (Å²) in [6, 6.07) is 13.4. The third kappa shape index (κ3) is 4.68. The first-order valence-electron chi connectivity index (χ1n) is 8.85. The van der Waals surface area contributed by atoms with Gasteiger partial charge in [-0.15, -0.1) is 0 Å². The Hall–Kier alpha value is -3.35. The van der Waals surface area contributed by atoms with Crippen molar-refractivity contribution in [3.8, 4) is 5.75 Å². The number of hydrogen-bond acceptors (Lipinski definition) is 6. The Bertz CT molecular complexity index is 841. The molecule has 0 unspecified atom stereocenters. The van der Waals surface area contributed by atoms with Crippen LogP contribution in [0, 0.1) is 0 Å². The maximum atomic E-state index is 12.7. The molecule has 1 aliphatic carbocycles. The van der Waals surface area contributed by atoms with Crippen LogP contribution in [-0.4, -0.2) is 38.1 Å². The summed E-state index contributed by atoms with van der Waals surface area (Å²) in [7, 11) is 2.48. The highest BCUT2D eigenvalue weighted by Crippen LogP contribution is 2.27. The molecule has 7 heteroatoms. The molecule has 0 aliphatic heterocycles. The molecule has 7 nitrogen and oxygen atoms in total. The largest absolute Gasteiger partial charge is 0.476 e. The fourth-order valence-corrected chi connectivity index (χ4v) is 2.68. The number of carbonyl (C=O) groups excluding carboxylic acids is 3. The Morgan fingerprint density at radius 3 is 2.00 bits per heavy atom. The fourth-order valence-electron chi connectivity index (χ4n) is 2.68. The van der Waals surface area contributed by atoms with E-state index in [1.165, 1.54) is 32.4 Å². The third-order valence-corrected chi connectivity index (χ3v) is 4.27. The number of carbonyl (C=O) groups is 3. The molecule has 0 radical (unpaired) electrons. The van der Waals surface area contributed by atoms with Gasteiger partial charge in [0, 0.05) is 11.6 Å². The zero-order chi connectivity index (χ0) is 20.1. The zero-order valence-corrected chi connectivity index (χ0v) is 15.6. The van der Waals surface area contributed by atoms with Gasteiger partial charge in [0.05, 0.1) is 25.3 Å². The Labute approximate surface area is 162 Å². The van der Waals surface area contributed by atoms with E-state index in [9.17, 15) is 14.4 Å². The molecule has 1 amide bonds. The number of nitrogens with one attached hydrogen (secondary N) is 1. The van der Waals surface area contributed by atoms with Crippen molar-refractivity contribution in [2.75, 3.05) is 14.2 Å². The van der Waals surface area contributed by atoms with Crippen molar-refractivity contribution in [2.24, 2.45) is 0 Å². The van der Waals surface area contributed by atoms with Crippen molar-refractivity contribution in [3.05, 3.63) is 65.2 Å². The van der Waals surface area contributed by atoms with Crippen LogP contribution in [0.15, 0.2) is 48.5 Å². The lowest BCUT2D eigenvalue weighted by atomic mass is 10.1. The first-order chi connectivity index (χ1) is 13.5. The van der Waals surface area contributed by atoms with E-state index >= 15 is 0 Å². The topological polar surface area (TPSA) is 90.9 Å². The van der Waals surface area contributed by atoms with Crippen LogP contribution < -0.4 is 10.1 Å². The van der Waals surface area contributed by atoms with Crippen molar-refractivity contribution in [3.63, 3.8) is 0 Å². The van der Waals surface area contributed by atoms with E-state index in [0.29, 0.717) is 5.56 Å². The number of methoxy groups -OCH3 is 2. The number of rotatable bonds is 7. The van der Waals surface area contributed by atoms with Gasteiger partial charge in [0.25, 0.3) is 5.91 Å². The van der Waals surface area contributed by atoms with Crippen molar-refractivity contribution in [1.29, 1.82) is 0 Å². The highest BCUT2D eigenvalue weighted by Gasteiger charge is 2.30. The Balaban J connectivity index is 1.95. The van der Waals surface area contributed by atoms with Gasteiger partial charge in [-0.3, -0.25) is 4.79 Å². The second kappa shape index (κ2) is 8.56. The molecule has 1 fully saturated rings. The average molecular weight is 383 g/mol. The fraction of sp³-hybridized carbons (Fsp3) is 0.286. The van der Waals surface area contributed by atoms with Crippen molar-refractivity contribution in [2.45, 2.75) is 25.0 Å². The van der Waals surface area contributed by atoms with E-state index in [-0.39, 0.29) is 28.8 Å². The van der Waals surface area contributed by atoms with Gasteiger partial charge < -0.3 is 19.5 Å². The second-order valence-electron chi connectivity index (χ2n) is 6.42. The molecule has 1 saturated carbocycles. The standard InChI is InChI=1S/C21H21NO6/c1-26-20(24)14-10-15(21(25)27-2)12-17(11-14)28-18(13-6-4-3-5-7-13)19(23)22-16-8-9-16/h3-7,10-12,16,18H,8-9H2,1-2H3,(H,22,23)/t18-/m0/s1. The summed E-state index contributed by atoms with van der Waals surface area (Å²) in [5, 5.41) is 2.92. The monoisotopic (exact) mass is 383 g/mol. The molecular formula is C21H21NO6. The molecule has 28 heavy (non-hydrogen) atoms. The predicted molar refractivity (Wildman–Crippen MR) is 100 cm³/mol. The quantitative estimate of drug-likeness (QED) is 0.739. The van der Waals surface area contributed by atoms with E-state index < -0.39 is 18.0 Å². The van der Waals surface area contributed by atoms with Crippen LogP contribution >= 0.6 is 0 Å². The lowest BCUT2D eigenvalue weighted by molar-refractivity contribution is -0.128. The second-order valence-corrected chi connectivity index (χ2v) is 6.42. The number of esters is 2. The minimum Gasteiger partial charge on any atom is -0.476 e. The summed E-state index contributed by atoms with van der Waals surface area (Å²) in [5.41, 5.74) is 0.897. The van der Waals surface area contributed by atoms with Crippen molar-refractivity contribution < 1.29 is 28.6 Å². The summed E-state index contributed by atoms with van der Waals surface area (Å²) in [4.78, 5) is 36.7. The minimum atomic E-state index is -0.930. The van der Waals surface area contributed by atoms with Crippen LogP contribution in [0.3, 0.4) is 0 Å². The number of benzene rings is 2. The van der Waals surface area contributed by atoms with Crippen LogP contribution in [0.1, 0.15) is 45.2 Å². The van der Waals surface area contributed by atoms with Gasteiger partial charge in [0.15, 0.2) is 0 Å². The minimum absolute atomic E-state index is 0.120. The lowest BCUT2D eigenvalue weighted by Crippen LogP contribution is -2.34. The first kappa shape index (κ1) is 19.4. The lowest BCUT2D eigenvalue weighted by Gasteiger charge is -2.20. The molecule has 0 spiro atoms. The molecule has 1 N–H and O–H groups in total. The van der Waals surface area contributed by atoms with E-state index in [1.54, 1.807) is 24.3 Å². The first-order valence-corrected chi connectivity index (χ1v) is 8.85. The Kier molecular flexibility index (Phi) is 5.93. The summed E-state index contributed by atoms with van der Waals surface area (Å²) in [6.07, 6.45) is 0.954. The Morgan fingerprint density at radius 2 is 1.50 bits per heavy atom. The molecule has 0 aromatic heterocycles. The van der Waals surface area contributed by atoms with Gasteiger partial charge in [-0.05, 0) is 31.0 Å². The van der Waals surface area contributed by atoms with Gasteiger partial charge in [-0.25, -0.2) is 9.59 Å². The molecule has 1 aliphatic rings. The van der Waals surface area contributed by atoms with E-state index in [0.717, 1.165) is 12.8 Å². The van der Waals surface area contributed by atoms with E-state index in [1.807, 2.05) is 6.07 Å². The molecule has 2 aromatic carbocycles. The smallest absolute Gasteiger partial charge is 0.338 e. The van der Waals surface area contributed by atoms with Crippen LogP contribution in [0.4, 0.5) is 0 Å². The van der Waals surface area contributed by atoms with Gasteiger partial charge in [-0.2, -0.15) is 0 Å². The molecule has 2 aromatic rings. The van der Waals surface area contributed by atoms with Gasteiger partial charge >= 0.3 is 11.9 Å². The average Bonchev–Trinajstić information content (AvgIpc) is 3.55. The highest BCUT2D eigenvalue weighted by molar-refractivity contribution is 5.96. The molecule has 3 rings (SSSR count). The highest BCUT2D eigenvalue weighted by atomic mass is 16.5. The van der Waals surface area contributed by atoms with Gasteiger partial charge in [0.2, 0.25) is 6.10 Å². The number of amides is 1. The summed E-state index contributed by atoms with van der Waals surface area (Å²) < 4.78 is 15.4. The third-order valence-electron chi connectivity index (χ3n) is 4.27. The summed E-state index contributed by atoms with van der Waals surface area (Å²) in [6.45, 7) is 0. The number of ether oxygens (including phenoxy) is 3. The van der Waals surface area contributed by atoms with Crippen LogP contribution in [0.25, 0.3) is 0 Å². The normalized spacial score (nSPS) is 13.9. The zero-order valence-electron chi connectivity index (χ0n) is 15.6. The maximum absolute atomic E-state index is 12.7. The van der Waals surface area contributed by atoms with Crippen LogP contribution in [0.2, 0.25) is 0 Å².